The van der Waals surface area contributed by atoms with E-state index < -0.39 is 0 Å². The van der Waals surface area contributed by atoms with Crippen LogP contribution in [0.15, 0.2) is 134 Å². The fraction of sp³-hybridized carbons (Fsp3) is 0.241. The Hall–Kier alpha value is -2.86. The van der Waals surface area contributed by atoms with Crippen molar-refractivity contribution in [3.63, 3.8) is 0 Å². The molecule has 0 amide bonds. The predicted octanol–water partition coefficient (Wildman–Crippen LogP) is 9.09. The first kappa shape index (κ1) is 26.1. The van der Waals surface area contributed by atoms with Gasteiger partial charge in [-0.25, -0.2) is 0 Å². The van der Waals surface area contributed by atoms with Gasteiger partial charge in [-0.1, -0.05) is 167 Å². The third kappa shape index (κ3) is 25.1. The molecule has 0 aliphatic carbocycles. The van der Waals surface area contributed by atoms with Gasteiger partial charge in [0.2, 0.25) is 0 Å². The molecule has 0 aromatic rings. The van der Waals surface area contributed by atoms with E-state index in [0.717, 1.165) is 0 Å². The van der Waals surface area contributed by atoms with Crippen LogP contribution in [-0.4, -0.2) is 0 Å². The smallest absolute Gasteiger partial charge is 0.0348 e. The minimum atomic E-state index is 1.19. The Labute approximate surface area is 179 Å². The third-order valence-corrected chi connectivity index (χ3v) is 3.75. The number of unbranched alkanes of at least 4 members (excludes halogenated alkanes) is 5. The fourth-order valence-electron chi connectivity index (χ4n) is 2.21. The topological polar surface area (TPSA) is 0 Å². The van der Waals surface area contributed by atoms with Crippen LogP contribution in [-0.2, 0) is 0 Å². The molecule has 0 bridgehead atoms. The van der Waals surface area contributed by atoms with E-state index in [0.29, 0.717) is 0 Å². The predicted molar refractivity (Wildman–Crippen MR) is 135 cm³/mol. The molecule has 0 aromatic heterocycles. The molecule has 0 radical (unpaired) electrons. The highest BCUT2D eigenvalue weighted by molar-refractivity contribution is 5.22. The average Bonchev–Trinajstić information content (AvgIpc) is 2.74. The van der Waals surface area contributed by atoms with Crippen molar-refractivity contribution in [2.24, 2.45) is 0 Å². The van der Waals surface area contributed by atoms with E-state index in [2.05, 4.69) is 37.8 Å². The lowest BCUT2D eigenvalue weighted by Crippen LogP contribution is -1.75. The van der Waals surface area contributed by atoms with Gasteiger partial charge in [-0.05, 0) is 12.8 Å². The van der Waals surface area contributed by atoms with Gasteiger partial charge in [-0.15, -0.1) is 0 Å². The summed E-state index contributed by atoms with van der Waals surface area (Å²) in [6.07, 6.45) is 50.1. The van der Waals surface area contributed by atoms with Crippen molar-refractivity contribution in [1.82, 2.24) is 0 Å². The van der Waals surface area contributed by atoms with E-state index in [9.17, 15) is 0 Å². The molecular formula is C29H38. The van der Waals surface area contributed by atoms with Crippen molar-refractivity contribution in [2.45, 2.75) is 45.4 Å². The summed E-state index contributed by atoms with van der Waals surface area (Å²) >= 11 is 0. The van der Waals surface area contributed by atoms with E-state index >= 15 is 0 Å². The summed E-state index contributed by atoms with van der Waals surface area (Å²) in [4.78, 5) is 0. The van der Waals surface area contributed by atoms with Gasteiger partial charge in [-0.2, -0.15) is 0 Å². The summed E-state index contributed by atoms with van der Waals surface area (Å²) in [6, 6.07) is 0. The molecular weight excluding hydrogens is 348 g/mol. The van der Waals surface area contributed by atoms with Gasteiger partial charge < -0.3 is 0 Å². The van der Waals surface area contributed by atoms with E-state index in [-0.39, 0.29) is 0 Å². The lowest BCUT2D eigenvalue weighted by atomic mass is 10.1. The minimum Gasteiger partial charge on any atom is -0.0991 e. The highest BCUT2D eigenvalue weighted by atomic mass is 13.9. The first-order valence-electron chi connectivity index (χ1n) is 10.7. The molecule has 0 aliphatic rings. The van der Waals surface area contributed by atoms with Crippen LogP contribution in [0, 0.1) is 0 Å². The summed E-state index contributed by atoms with van der Waals surface area (Å²) in [5.41, 5.74) is 0. The van der Waals surface area contributed by atoms with Crippen molar-refractivity contribution in [1.29, 1.82) is 0 Å². The van der Waals surface area contributed by atoms with Gasteiger partial charge in [0.15, 0.2) is 0 Å². The van der Waals surface area contributed by atoms with Crippen LogP contribution in [0.4, 0.5) is 0 Å². The highest BCUT2D eigenvalue weighted by Gasteiger charge is 1.85. The van der Waals surface area contributed by atoms with Gasteiger partial charge in [-0.3, -0.25) is 0 Å². The molecule has 0 atom stereocenters. The molecule has 0 fully saturated rings. The second-order valence-electron chi connectivity index (χ2n) is 6.33. The van der Waals surface area contributed by atoms with Gasteiger partial charge >= 0.3 is 0 Å². The summed E-state index contributed by atoms with van der Waals surface area (Å²) in [6.45, 7) is 5.87. The van der Waals surface area contributed by atoms with Crippen LogP contribution in [0.1, 0.15) is 45.4 Å². The standard InChI is InChI=1S/C29H38/c1-3-5-7-9-11-13-15-17-19-21-23-25-27-29-28-26-24-22-20-18-16-14-12-10-8-6-4-2/h3,5,7,9,11,13,15-29H,1,4,6,8,10,12,14H2,2H3/b7-5+,11-9+,15-13+,18-16+,19-17+,22-20+,23-21+,26-24+,27-25+,29-28+. The van der Waals surface area contributed by atoms with E-state index in [4.69, 9.17) is 0 Å². The van der Waals surface area contributed by atoms with Crippen LogP contribution in [0.5, 0.6) is 0 Å². The van der Waals surface area contributed by atoms with Gasteiger partial charge in [0.25, 0.3) is 0 Å². The minimum absolute atomic E-state index is 1.19. The summed E-state index contributed by atoms with van der Waals surface area (Å²) in [5, 5.41) is 0. The molecule has 0 rings (SSSR count). The Kier molecular flexibility index (Phi) is 22.7. The van der Waals surface area contributed by atoms with Crippen molar-refractivity contribution < 1.29 is 0 Å². The molecule has 0 N–H and O–H groups in total. The van der Waals surface area contributed by atoms with Crippen LogP contribution in [0.3, 0.4) is 0 Å². The molecule has 154 valence electrons. The zero-order valence-corrected chi connectivity index (χ0v) is 18.1. The molecule has 0 saturated heterocycles. The SMILES string of the molecule is C=C/C=C/C=C/C=C/C=C/C=C/C=C/C=C/C=C/C=C/C=C/CCCCCCC. The molecule has 0 heteroatoms. The molecule has 0 aliphatic heterocycles. The summed E-state index contributed by atoms with van der Waals surface area (Å²) in [5.74, 6) is 0. The van der Waals surface area contributed by atoms with Gasteiger partial charge in [0.05, 0.1) is 0 Å². The highest BCUT2D eigenvalue weighted by Crippen LogP contribution is 2.05. The maximum absolute atomic E-state index is 3.62. The second-order valence-corrected chi connectivity index (χ2v) is 6.33. The zero-order valence-electron chi connectivity index (χ0n) is 18.1. The first-order chi connectivity index (χ1) is 14.4. The molecule has 0 unspecified atom stereocenters. The van der Waals surface area contributed by atoms with Gasteiger partial charge in [0.1, 0.15) is 0 Å². The normalized spacial score (nSPS) is 14.0. The number of rotatable bonds is 16. The Morgan fingerprint density at radius 2 is 0.759 bits per heavy atom. The van der Waals surface area contributed by atoms with E-state index in [1.54, 1.807) is 6.08 Å². The fourth-order valence-corrected chi connectivity index (χ4v) is 2.21. The Bertz CT molecular complexity index is 652. The average molecular weight is 387 g/mol. The Morgan fingerprint density at radius 1 is 0.414 bits per heavy atom. The monoisotopic (exact) mass is 386 g/mol. The number of hydrogen-bond acceptors (Lipinski definition) is 0. The maximum atomic E-state index is 3.62. The number of allylic oxidation sites excluding steroid dienone is 21. The first-order valence-corrected chi connectivity index (χ1v) is 10.7. The molecule has 0 aromatic carbocycles. The third-order valence-electron chi connectivity index (χ3n) is 3.75. The van der Waals surface area contributed by atoms with Crippen molar-refractivity contribution in [2.75, 3.05) is 0 Å². The Balaban J connectivity index is 3.80. The molecule has 0 nitrogen and oxygen atoms in total. The lowest BCUT2D eigenvalue weighted by Gasteiger charge is -1.95. The van der Waals surface area contributed by atoms with Crippen LogP contribution < -0.4 is 0 Å². The molecule has 0 saturated carbocycles. The Morgan fingerprint density at radius 3 is 1.14 bits per heavy atom. The lowest BCUT2D eigenvalue weighted by molar-refractivity contribution is 0.637. The maximum Gasteiger partial charge on any atom is -0.0348 e. The van der Waals surface area contributed by atoms with Gasteiger partial charge in [0, 0.05) is 0 Å². The zero-order chi connectivity index (χ0) is 21.1. The summed E-state index contributed by atoms with van der Waals surface area (Å²) in [7, 11) is 0. The van der Waals surface area contributed by atoms with E-state index in [1.807, 2.05) is 97.2 Å². The van der Waals surface area contributed by atoms with Crippen LogP contribution >= 0.6 is 0 Å². The molecule has 0 spiro atoms. The van der Waals surface area contributed by atoms with Crippen molar-refractivity contribution >= 4 is 0 Å². The summed E-state index contributed by atoms with van der Waals surface area (Å²) < 4.78 is 0. The second kappa shape index (κ2) is 25.1. The van der Waals surface area contributed by atoms with Crippen LogP contribution in [0.25, 0.3) is 0 Å². The molecule has 0 heterocycles. The number of hydrogen-bond donors (Lipinski definition) is 0. The largest absolute Gasteiger partial charge is 0.0991 e. The quantitative estimate of drug-likeness (QED) is 0.183. The van der Waals surface area contributed by atoms with E-state index in [1.165, 1.54) is 38.5 Å². The van der Waals surface area contributed by atoms with Crippen molar-refractivity contribution in [3.8, 4) is 0 Å². The van der Waals surface area contributed by atoms with Crippen molar-refractivity contribution in [3.05, 3.63) is 134 Å². The molecule has 29 heavy (non-hydrogen) atoms. The van der Waals surface area contributed by atoms with Crippen LogP contribution in [0.2, 0.25) is 0 Å².